The van der Waals surface area contributed by atoms with Crippen molar-refractivity contribution in [2.24, 2.45) is 4.99 Å². The van der Waals surface area contributed by atoms with Gasteiger partial charge < -0.3 is 10.2 Å². The van der Waals surface area contributed by atoms with E-state index in [1.54, 1.807) is 4.68 Å². The molecule has 0 unspecified atom stereocenters. The summed E-state index contributed by atoms with van der Waals surface area (Å²) in [5, 5.41) is 24.2. The van der Waals surface area contributed by atoms with Gasteiger partial charge in [0.25, 0.3) is 0 Å². The molecular formula is C11H17N3O3. The molecule has 1 N–H and O–H groups in total. The van der Waals surface area contributed by atoms with Crippen LogP contribution in [0.15, 0.2) is 9.52 Å². The number of aromatic nitrogens is 2. The fraction of sp³-hybridized carbons (Fsp3) is 0.727. The normalized spacial score (nSPS) is 18.6. The van der Waals surface area contributed by atoms with Crippen LogP contribution >= 0.6 is 0 Å². The van der Waals surface area contributed by atoms with E-state index in [9.17, 15) is 10.2 Å². The van der Waals surface area contributed by atoms with Crippen LogP contribution in [0.2, 0.25) is 0 Å². The summed E-state index contributed by atoms with van der Waals surface area (Å²) in [6.45, 7) is 1.13. The van der Waals surface area contributed by atoms with Crippen LogP contribution < -0.4 is 9.79 Å². The van der Waals surface area contributed by atoms with Gasteiger partial charge in [-0.15, -0.1) is 0 Å². The second-order valence-electron chi connectivity index (χ2n) is 4.35. The van der Waals surface area contributed by atoms with Crippen LogP contribution in [0.25, 0.3) is 0 Å². The average molecular weight is 239 g/mol. The molecule has 1 aromatic heterocycles. The Morgan fingerprint density at radius 1 is 1.53 bits per heavy atom. The molecule has 0 atom stereocenters. The topological polar surface area (TPSA) is 85.6 Å². The molecule has 2 rings (SSSR count). The average Bonchev–Trinajstić information content (AvgIpc) is 2.72. The molecule has 0 aromatic carbocycles. The molecule has 0 saturated heterocycles. The molecule has 17 heavy (non-hydrogen) atoms. The highest BCUT2D eigenvalue weighted by Crippen LogP contribution is 2.26. The van der Waals surface area contributed by atoms with Crippen molar-refractivity contribution in [2.75, 3.05) is 0 Å². The minimum Gasteiger partial charge on any atom is -0.862 e. The van der Waals surface area contributed by atoms with Crippen molar-refractivity contribution in [1.82, 2.24) is 5.27 Å². The first-order valence-corrected chi connectivity index (χ1v) is 5.96. The number of aliphatic imine (C=N–C) groups is 1. The molecule has 0 amide bonds. The fourth-order valence-corrected chi connectivity index (χ4v) is 2.26. The lowest BCUT2D eigenvalue weighted by Crippen LogP contribution is -2.45. The highest BCUT2D eigenvalue weighted by molar-refractivity contribution is 5.71. The second-order valence-corrected chi connectivity index (χ2v) is 4.35. The fourth-order valence-electron chi connectivity index (χ4n) is 2.26. The molecule has 1 heterocycles. The number of hydrogen-bond donors (Lipinski definition) is 1. The van der Waals surface area contributed by atoms with Crippen molar-refractivity contribution in [2.45, 2.75) is 51.7 Å². The Balaban J connectivity index is 2.27. The Hall–Kier alpha value is -1.43. The van der Waals surface area contributed by atoms with Crippen LogP contribution in [0.4, 0.5) is 5.88 Å². The summed E-state index contributed by atoms with van der Waals surface area (Å²) in [5.74, 6) is -0.225. The Morgan fingerprint density at radius 3 is 2.82 bits per heavy atom. The van der Waals surface area contributed by atoms with Gasteiger partial charge in [-0.25, -0.2) is 4.99 Å². The van der Waals surface area contributed by atoms with Gasteiger partial charge in [-0.3, -0.25) is 4.52 Å². The first kappa shape index (κ1) is 12.0. The van der Waals surface area contributed by atoms with Gasteiger partial charge in [-0.2, -0.15) is 0 Å². The maximum Gasteiger partial charge on any atom is 0.326 e. The quantitative estimate of drug-likeness (QED) is 0.469. The van der Waals surface area contributed by atoms with E-state index < -0.39 is 0 Å². The van der Waals surface area contributed by atoms with E-state index in [0.717, 1.165) is 25.7 Å². The Labute approximate surface area is 99.6 Å². The van der Waals surface area contributed by atoms with Crippen molar-refractivity contribution in [1.29, 1.82) is 0 Å². The SMILES string of the molecule is C/C([O-])=N\c1on[n+](C2CCCCC2)c1CO. The van der Waals surface area contributed by atoms with E-state index in [1.807, 2.05) is 0 Å². The Kier molecular flexibility index (Phi) is 3.73. The summed E-state index contributed by atoms with van der Waals surface area (Å²) in [7, 11) is 0. The van der Waals surface area contributed by atoms with Crippen molar-refractivity contribution >= 4 is 11.8 Å². The molecule has 6 nitrogen and oxygen atoms in total. The third-order valence-electron chi connectivity index (χ3n) is 3.07. The number of aliphatic hydroxyl groups is 1. The van der Waals surface area contributed by atoms with E-state index in [2.05, 4.69) is 10.3 Å². The maximum atomic E-state index is 10.9. The van der Waals surface area contributed by atoms with Gasteiger partial charge in [-0.05, 0) is 30.3 Å². The molecule has 0 bridgehead atoms. The summed E-state index contributed by atoms with van der Waals surface area (Å²) in [6.07, 6.45) is 5.63. The second kappa shape index (κ2) is 5.27. The zero-order valence-corrected chi connectivity index (χ0v) is 9.93. The molecule has 0 aliphatic heterocycles. The predicted molar refractivity (Wildman–Crippen MR) is 57.5 cm³/mol. The van der Waals surface area contributed by atoms with Crippen molar-refractivity contribution < 1.29 is 19.4 Å². The third kappa shape index (κ3) is 2.63. The first-order valence-electron chi connectivity index (χ1n) is 5.96. The molecule has 6 heteroatoms. The lowest BCUT2D eigenvalue weighted by atomic mass is 9.95. The zero-order valence-electron chi connectivity index (χ0n) is 9.93. The van der Waals surface area contributed by atoms with Gasteiger partial charge in [0.1, 0.15) is 6.61 Å². The Bertz CT molecular complexity index is 404. The van der Waals surface area contributed by atoms with Crippen molar-refractivity contribution in [3.63, 3.8) is 0 Å². The maximum absolute atomic E-state index is 10.9. The van der Waals surface area contributed by atoms with E-state index >= 15 is 0 Å². The van der Waals surface area contributed by atoms with Gasteiger partial charge in [0, 0.05) is 12.8 Å². The van der Waals surface area contributed by atoms with Crippen LogP contribution in [0.3, 0.4) is 0 Å². The monoisotopic (exact) mass is 239 g/mol. The van der Waals surface area contributed by atoms with Gasteiger partial charge in [0.15, 0.2) is 6.04 Å². The van der Waals surface area contributed by atoms with Gasteiger partial charge in [0.2, 0.25) is 5.27 Å². The Morgan fingerprint density at radius 2 is 2.24 bits per heavy atom. The first-order chi connectivity index (χ1) is 8.22. The van der Waals surface area contributed by atoms with Gasteiger partial charge in [-0.1, -0.05) is 6.42 Å². The molecular weight excluding hydrogens is 222 g/mol. The number of aliphatic hydroxyl groups excluding tert-OH is 1. The highest BCUT2D eigenvalue weighted by Gasteiger charge is 2.32. The smallest absolute Gasteiger partial charge is 0.326 e. The summed E-state index contributed by atoms with van der Waals surface area (Å²) < 4.78 is 6.70. The van der Waals surface area contributed by atoms with Crippen LogP contribution in [-0.4, -0.2) is 16.3 Å². The summed E-state index contributed by atoms with van der Waals surface area (Å²) in [4.78, 5) is 3.70. The van der Waals surface area contributed by atoms with E-state index in [4.69, 9.17) is 4.52 Å². The van der Waals surface area contributed by atoms with Crippen LogP contribution in [0.1, 0.15) is 50.8 Å². The molecule has 0 spiro atoms. The van der Waals surface area contributed by atoms with E-state index in [-0.39, 0.29) is 24.4 Å². The lowest BCUT2D eigenvalue weighted by molar-refractivity contribution is -0.794. The van der Waals surface area contributed by atoms with Crippen LogP contribution in [0, 0.1) is 0 Å². The molecule has 94 valence electrons. The summed E-state index contributed by atoms with van der Waals surface area (Å²) in [5.41, 5.74) is 0.493. The lowest BCUT2D eigenvalue weighted by Gasteiger charge is -2.14. The number of nitrogens with zero attached hydrogens (tertiary/aromatic N) is 3. The predicted octanol–water partition coefficient (Wildman–Crippen LogP) is 0.370. The van der Waals surface area contributed by atoms with Crippen molar-refractivity contribution in [3.8, 4) is 0 Å². The van der Waals surface area contributed by atoms with E-state index in [1.165, 1.54) is 13.3 Å². The standard InChI is InChI=1S/C11H17N3O3/c1-8(16)12-11-10(7-15)14(13-17-11)9-5-3-2-4-6-9/h9,15H,2-7H2,1H3. The van der Waals surface area contributed by atoms with Gasteiger partial charge in [0.05, 0.1) is 0 Å². The highest BCUT2D eigenvalue weighted by atomic mass is 16.5. The number of rotatable bonds is 3. The van der Waals surface area contributed by atoms with E-state index in [0.29, 0.717) is 5.69 Å². The summed E-state index contributed by atoms with van der Waals surface area (Å²) >= 11 is 0. The largest absolute Gasteiger partial charge is 0.862 e. The van der Waals surface area contributed by atoms with Crippen molar-refractivity contribution in [3.05, 3.63) is 5.69 Å². The molecule has 0 radical (unpaired) electrons. The van der Waals surface area contributed by atoms with Crippen LogP contribution in [0.5, 0.6) is 0 Å². The van der Waals surface area contributed by atoms with Gasteiger partial charge >= 0.3 is 11.6 Å². The molecule has 1 fully saturated rings. The minimum absolute atomic E-state index is 0.130. The summed E-state index contributed by atoms with van der Waals surface area (Å²) in [6, 6.07) is 0.255. The molecule has 1 saturated carbocycles. The third-order valence-corrected chi connectivity index (χ3v) is 3.07. The van der Waals surface area contributed by atoms with Crippen LogP contribution in [-0.2, 0) is 6.61 Å². The molecule has 1 aliphatic rings. The molecule has 1 aliphatic carbocycles. The molecule has 1 aromatic rings. The zero-order chi connectivity index (χ0) is 12.3. The minimum atomic E-state index is -0.355. The number of hydrogen-bond acceptors (Lipinski definition) is 5.